The number of anilines is 1. The van der Waals surface area contributed by atoms with Crippen molar-refractivity contribution < 1.29 is 4.79 Å². The van der Waals surface area contributed by atoms with Gasteiger partial charge in [0.25, 0.3) is 0 Å². The molecule has 0 spiro atoms. The SMILES string of the molecule is C/C(=C\c1ccccc1)C1CC(=O)Nc2[nH]ncc21. The molecule has 19 heavy (non-hydrogen) atoms. The van der Waals surface area contributed by atoms with Crippen LogP contribution in [-0.2, 0) is 4.79 Å². The number of aromatic amines is 1. The molecular formula is C15H15N3O. The molecule has 0 aliphatic carbocycles. The first-order valence-electron chi connectivity index (χ1n) is 6.30. The summed E-state index contributed by atoms with van der Waals surface area (Å²) in [5, 5.41) is 9.64. The third kappa shape index (κ3) is 2.29. The molecule has 1 aliphatic heterocycles. The van der Waals surface area contributed by atoms with E-state index in [4.69, 9.17) is 0 Å². The van der Waals surface area contributed by atoms with Gasteiger partial charge in [-0.3, -0.25) is 9.89 Å². The fourth-order valence-corrected chi connectivity index (χ4v) is 2.46. The molecule has 4 nitrogen and oxygen atoms in total. The average Bonchev–Trinajstić information content (AvgIpc) is 2.86. The first-order valence-corrected chi connectivity index (χ1v) is 6.30. The Balaban J connectivity index is 1.95. The van der Waals surface area contributed by atoms with Gasteiger partial charge in [-0.15, -0.1) is 0 Å². The molecule has 3 rings (SSSR count). The highest BCUT2D eigenvalue weighted by molar-refractivity contribution is 5.94. The topological polar surface area (TPSA) is 57.8 Å². The molecule has 2 aromatic rings. The first-order chi connectivity index (χ1) is 9.24. The van der Waals surface area contributed by atoms with Crippen LogP contribution in [0, 0.1) is 0 Å². The van der Waals surface area contributed by atoms with Crippen molar-refractivity contribution in [3.05, 3.63) is 53.2 Å². The molecule has 1 atom stereocenters. The molecule has 0 saturated heterocycles. The van der Waals surface area contributed by atoms with E-state index in [1.807, 2.05) is 18.2 Å². The fraction of sp³-hybridized carbons (Fsp3) is 0.200. The summed E-state index contributed by atoms with van der Waals surface area (Å²) in [7, 11) is 0. The Morgan fingerprint density at radius 1 is 1.37 bits per heavy atom. The number of aromatic nitrogens is 2. The van der Waals surface area contributed by atoms with E-state index in [9.17, 15) is 4.79 Å². The number of carbonyl (C=O) groups excluding carboxylic acids is 1. The smallest absolute Gasteiger partial charge is 0.226 e. The van der Waals surface area contributed by atoms with Crippen molar-refractivity contribution in [2.24, 2.45) is 0 Å². The number of allylic oxidation sites excluding steroid dienone is 1. The van der Waals surface area contributed by atoms with Crippen molar-refractivity contribution in [3.63, 3.8) is 0 Å². The highest BCUT2D eigenvalue weighted by Crippen LogP contribution is 2.36. The van der Waals surface area contributed by atoms with Crippen LogP contribution < -0.4 is 5.32 Å². The molecule has 96 valence electrons. The lowest BCUT2D eigenvalue weighted by molar-refractivity contribution is -0.116. The summed E-state index contributed by atoms with van der Waals surface area (Å²) < 4.78 is 0. The van der Waals surface area contributed by atoms with Gasteiger partial charge in [0.05, 0.1) is 6.20 Å². The predicted octanol–water partition coefficient (Wildman–Crippen LogP) is 2.94. The minimum Gasteiger partial charge on any atom is -0.311 e. The predicted molar refractivity (Wildman–Crippen MR) is 74.7 cm³/mol. The number of fused-ring (bicyclic) bond motifs is 1. The Labute approximate surface area is 111 Å². The Morgan fingerprint density at radius 3 is 2.95 bits per heavy atom. The normalized spacial score (nSPS) is 18.9. The molecule has 0 bridgehead atoms. The van der Waals surface area contributed by atoms with E-state index in [0.717, 1.165) is 16.9 Å². The van der Waals surface area contributed by atoms with Gasteiger partial charge in [0.15, 0.2) is 0 Å². The zero-order chi connectivity index (χ0) is 13.2. The second kappa shape index (κ2) is 4.72. The zero-order valence-electron chi connectivity index (χ0n) is 10.7. The maximum Gasteiger partial charge on any atom is 0.226 e. The van der Waals surface area contributed by atoms with Gasteiger partial charge < -0.3 is 5.32 Å². The largest absolute Gasteiger partial charge is 0.311 e. The van der Waals surface area contributed by atoms with Crippen molar-refractivity contribution in [2.75, 3.05) is 5.32 Å². The molecule has 2 N–H and O–H groups in total. The number of nitrogens with one attached hydrogen (secondary N) is 2. The van der Waals surface area contributed by atoms with E-state index in [0.29, 0.717) is 6.42 Å². The van der Waals surface area contributed by atoms with Gasteiger partial charge in [-0.05, 0) is 12.5 Å². The summed E-state index contributed by atoms with van der Waals surface area (Å²) in [4.78, 5) is 11.7. The van der Waals surface area contributed by atoms with Crippen molar-refractivity contribution in [1.82, 2.24) is 10.2 Å². The van der Waals surface area contributed by atoms with Gasteiger partial charge in [0.2, 0.25) is 5.91 Å². The molecule has 1 unspecified atom stereocenters. The van der Waals surface area contributed by atoms with E-state index >= 15 is 0 Å². The first kappa shape index (κ1) is 11.7. The summed E-state index contributed by atoms with van der Waals surface area (Å²) in [6.07, 6.45) is 4.39. The molecule has 0 fully saturated rings. The summed E-state index contributed by atoms with van der Waals surface area (Å²) in [5.41, 5.74) is 3.38. The maximum absolute atomic E-state index is 11.7. The van der Waals surface area contributed by atoms with Crippen LogP contribution in [0.3, 0.4) is 0 Å². The Hall–Kier alpha value is -2.36. The van der Waals surface area contributed by atoms with E-state index in [1.54, 1.807) is 6.20 Å². The molecule has 2 heterocycles. The number of benzene rings is 1. The second-order valence-corrected chi connectivity index (χ2v) is 4.80. The lowest BCUT2D eigenvalue weighted by atomic mass is 9.87. The monoisotopic (exact) mass is 253 g/mol. The number of carbonyl (C=O) groups is 1. The van der Waals surface area contributed by atoms with Crippen molar-refractivity contribution in [2.45, 2.75) is 19.3 Å². The van der Waals surface area contributed by atoms with E-state index in [-0.39, 0.29) is 11.8 Å². The minimum atomic E-state index is 0.0301. The summed E-state index contributed by atoms with van der Waals surface area (Å²) in [6, 6.07) is 10.1. The van der Waals surface area contributed by atoms with E-state index in [1.165, 1.54) is 5.57 Å². The Bertz CT molecular complexity index is 628. The lowest BCUT2D eigenvalue weighted by Crippen LogP contribution is -2.22. The molecule has 1 aliphatic rings. The van der Waals surface area contributed by atoms with Gasteiger partial charge in [-0.1, -0.05) is 42.0 Å². The third-order valence-corrected chi connectivity index (χ3v) is 3.44. The van der Waals surface area contributed by atoms with Crippen LogP contribution >= 0.6 is 0 Å². The summed E-state index contributed by atoms with van der Waals surface area (Å²) in [5.74, 6) is 0.854. The van der Waals surface area contributed by atoms with Crippen molar-refractivity contribution >= 4 is 17.8 Å². The van der Waals surface area contributed by atoms with Crippen molar-refractivity contribution in [3.8, 4) is 0 Å². The summed E-state index contributed by atoms with van der Waals surface area (Å²) in [6.45, 7) is 2.06. The number of nitrogens with zero attached hydrogens (tertiary/aromatic N) is 1. The number of rotatable bonds is 2. The van der Waals surface area contributed by atoms with Gasteiger partial charge >= 0.3 is 0 Å². The number of H-pyrrole nitrogens is 1. The van der Waals surface area contributed by atoms with Crippen LogP contribution in [0.1, 0.15) is 30.4 Å². The molecule has 0 radical (unpaired) electrons. The van der Waals surface area contributed by atoms with Crippen molar-refractivity contribution in [1.29, 1.82) is 0 Å². The van der Waals surface area contributed by atoms with Gasteiger partial charge in [-0.2, -0.15) is 5.10 Å². The molecule has 1 aromatic heterocycles. The maximum atomic E-state index is 11.7. The van der Waals surface area contributed by atoms with Gasteiger partial charge in [0, 0.05) is 17.9 Å². The van der Waals surface area contributed by atoms with Crippen LogP contribution in [0.5, 0.6) is 0 Å². The number of hydrogen-bond acceptors (Lipinski definition) is 2. The minimum absolute atomic E-state index is 0.0301. The number of hydrogen-bond donors (Lipinski definition) is 2. The molecular weight excluding hydrogens is 238 g/mol. The number of amides is 1. The standard InChI is InChI=1S/C15H15N3O/c1-10(7-11-5-3-2-4-6-11)12-8-14(19)17-15-13(12)9-16-18-15/h2-7,9,12H,8H2,1H3,(H2,16,17,18,19)/b10-7+. The van der Waals surface area contributed by atoms with Crippen LogP contribution in [0.15, 0.2) is 42.1 Å². The second-order valence-electron chi connectivity index (χ2n) is 4.80. The summed E-state index contributed by atoms with van der Waals surface area (Å²) >= 11 is 0. The average molecular weight is 253 g/mol. The molecule has 4 heteroatoms. The Morgan fingerprint density at radius 2 is 2.16 bits per heavy atom. The third-order valence-electron chi connectivity index (χ3n) is 3.44. The van der Waals surface area contributed by atoms with Crippen LogP contribution in [0.25, 0.3) is 6.08 Å². The zero-order valence-corrected chi connectivity index (χ0v) is 10.7. The van der Waals surface area contributed by atoms with Crippen LogP contribution in [0.2, 0.25) is 0 Å². The highest BCUT2D eigenvalue weighted by Gasteiger charge is 2.27. The Kier molecular flexibility index (Phi) is 2.91. The fourth-order valence-electron chi connectivity index (χ4n) is 2.46. The quantitative estimate of drug-likeness (QED) is 0.864. The van der Waals surface area contributed by atoms with Crippen LogP contribution in [-0.4, -0.2) is 16.1 Å². The van der Waals surface area contributed by atoms with E-state index < -0.39 is 0 Å². The van der Waals surface area contributed by atoms with E-state index in [2.05, 4.69) is 40.6 Å². The van der Waals surface area contributed by atoms with Gasteiger partial charge in [-0.25, -0.2) is 0 Å². The van der Waals surface area contributed by atoms with Crippen LogP contribution in [0.4, 0.5) is 5.82 Å². The molecule has 1 aromatic carbocycles. The van der Waals surface area contributed by atoms with Gasteiger partial charge in [0.1, 0.15) is 5.82 Å². The lowest BCUT2D eigenvalue weighted by Gasteiger charge is -2.22. The highest BCUT2D eigenvalue weighted by atomic mass is 16.1. The molecule has 1 amide bonds. The molecule has 0 saturated carbocycles.